The number of aromatic nitrogens is 5. The van der Waals surface area contributed by atoms with E-state index in [0.717, 1.165) is 10.4 Å². The van der Waals surface area contributed by atoms with Crippen molar-refractivity contribution in [1.29, 1.82) is 0 Å². The van der Waals surface area contributed by atoms with Gasteiger partial charge in [0, 0.05) is 13.2 Å². The number of pyridine rings is 1. The van der Waals surface area contributed by atoms with Gasteiger partial charge in [-0.1, -0.05) is 35.0 Å². The Labute approximate surface area is 129 Å². The maximum Gasteiger partial charge on any atom is 0.162 e. The molecular weight excluding hydrogens is 317 g/mol. The van der Waals surface area contributed by atoms with Gasteiger partial charge < -0.3 is 0 Å². The Hall–Kier alpha value is -1.37. The minimum absolute atomic E-state index is 0.408. The zero-order chi connectivity index (χ0) is 14.1. The molecule has 0 aliphatic rings. The minimum Gasteiger partial charge on any atom is -0.250 e. The summed E-state index contributed by atoms with van der Waals surface area (Å²) < 4.78 is 1.67. The maximum atomic E-state index is 6.13. The lowest BCUT2D eigenvalue weighted by atomic mass is 10.4. The van der Waals surface area contributed by atoms with Crippen LogP contribution in [0.1, 0.15) is 5.82 Å². The standard InChI is InChI=1S/C12H9Cl2N5S/c1-19-11-7(5-16-19)10(14)17-9(18-11)6-20-12-8(13)3-2-4-15-12/h2-5H,6H2,1H3. The first-order chi connectivity index (χ1) is 9.65. The molecule has 0 saturated heterocycles. The molecule has 0 saturated carbocycles. The fourth-order valence-electron chi connectivity index (χ4n) is 1.70. The Morgan fingerprint density at radius 1 is 1.30 bits per heavy atom. The summed E-state index contributed by atoms with van der Waals surface area (Å²) in [7, 11) is 1.82. The van der Waals surface area contributed by atoms with Gasteiger partial charge in [0.15, 0.2) is 5.65 Å². The molecule has 0 atom stereocenters. The molecule has 5 nitrogen and oxygen atoms in total. The minimum atomic E-state index is 0.408. The molecule has 0 radical (unpaired) electrons. The largest absolute Gasteiger partial charge is 0.250 e. The van der Waals surface area contributed by atoms with Crippen LogP contribution in [0.25, 0.3) is 11.0 Å². The van der Waals surface area contributed by atoms with Crippen LogP contribution >= 0.6 is 35.0 Å². The van der Waals surface area contributed by atoms with Crippen molar-refractivity contribution < 1.29 is 0 Å². The van der Waals surface area contributed by atoms with Gasteiger partial charge in [-0.05, 0) is 12.1 Å². The fourth-order valence-corrected chi connectivity index (χ4v) is 2.96. The summed E-state index contributed by atoms with van der Waals surface area (Å²) >= 11 is 13.7. The normalized spacial score (nSPS) is 11.2. The van der Waals surface area contributed by atoms with Crippen LogP contribution in [0, 0.1) is 0 Å². The third-order valence-corrected chi connectivity index (χ3v) is 4.36. The van der Waals surface area contributed by atoms with Gasteiger partial charge in [-0.15, -0.1) is 0 Å². The van der Waals surface area contributed by atoms with Gasteiger partial charge in [0.2, 0.25) is 0 Å². The molecule has 3 aromatic rings. The number of halogens is 2. The van der Waals surface area contributed by atoms with Crippen LogP contribution < -0.4 is 0 Å². The first kappa shape index (κ1) is 13.6. The molecule has 0 aliphatic carbocycles. The van der Waals surface area contributed by atoms with E-state index in [9.17, 15) is 0 Å². The van der Waals surface area contributed by atoms with Crippen molar-refractivity contribution >= 4 is 46.0 Å². The Morgan fingerprint density at radius 2 is 2.15 bits per heavy atom. The molecule has 3 heterocycles. The fraction of sp³-hybridized carbons (Fsp3) is 0.167. The van der Waals surface area contributed by atoms with E-state index in [1.807, 2.05) is 7.05 Å². The summed E-state index contributed by atoms with van der Waals surface area (Å²) in [5.41, 5.74) is 0.715. The number of nitrogens with zero attached hydrogens (tertiary/aromatic N) is 5. The van der Waals surface area contributed by atoms with Crippen molar-refractivity contribution in [3.05, 3.63) is 40.5 Å². The second-order valence-corrected chi connectivity index (χ2v) is 5.74. The van der Waals surface area contributed by atoms with Crippen LogP contribution in [-0.2, 0) is 12.8 Å². The molecule has 0 amide bonds. The Morgan fingerprint density at radius 3 is 2.95 bits per heavy atom. The Kier molecular flexibility index (Phi) is 3.78. The Balaban J connectivity index is 1.88. The van der Waals surface area contributed by atoms with Gasteiger partial charge in [0.1, 0.15) is 16.0 Å². The van der Waals surface area contributed by atoms with E-state index in [2.05, 4.69) is 20.1 Å². The summed E-state index contributed by atoms with van der Waals surface area (Å²) in [6, 6.07) is 3.59. The van der Waals surface area contributed by atoms with Crippen LogP contribution in [0.4, 0.5) is 0 Å². The predicted molar refractivity (Wildman–Crippen MR) is 80.1 cm³/mol. The zero-order valence-electron chi connectivity index (χ0n) is 10.4. The molecule has 0 unspecified atom stereocenters. The molecule has 3 rings (SSSR count). The van der Waals surface area contributed by atoms with Crippen LogP contribution in [-0.4, -0.2) is 24.7 Å². The molecular formula is C12H9Cl2N5S. The maximum absolute atomic E-state index is 6.13. The molecule has 0 fully saturated rings. The van der Waals surface area contributed by atoms with E-state index in [-0.39, 0.29) is 0 Å². The first-order valence-electron chi connectivity index (χ1n) is 5.72. The third kappa shape index (κ3) is 2.59. The SMILES string of the molecule is Cn1ncc2c(Cl)nc(CSc3ncccc3Cl)nc21. The molecule has 102 valence electrons. The van der Waals surface area contributed by atoms with Crippen molar-refractivity contribution in [2.24, 2.45) is 7.05 Å². The average Bonchev–Trinajstić information content (AvgIpc) is 2.80. The second kappa shape index (κ2) is 5.55. The van der Waals surface area contributed by atoms with Crippen LogP contribution in [0.3, 0.4) is 0 Å². The topological polar surface area (TPSA) is 56.5 Å². The highest BCUT2D eigenvalue weighted by Gasteiger charge is 2.11. The lowest BCUT2D eigenvalue weighted by Crippen LogP contribution is -1.98. The first-order valence-corrected chi connectivity index (χ1v) is 7.47. The van der Waals surface area contributed by atoms with Gasteiger partial charge in [-0.3, -0.25) is 4.68 Å². The summed E-state index contributed by atoms with van der Waals surface area (Å²) in [5, 5.41) is 6.64. The lowest BCUT2D eigenvalue weighted by molar-refractivity contribution is 0.782. The van der Waals surface area contributed by atoms with Gasteiger partial charge in [-0.2, -0.15) is 5.10 Å². The number of thioether (sulfide) groups is 1. The lowest BCUT2D eigenvalue weighted by Gasteiger charge is -2.03. The summed E-state index contributed by atoms with van der Waals surface area (Å²) in [5.74, 6) is 1.16. The summed E-state index contributed by atoms with van der Waals surface area (Å²) in [6.07, 6.45) is 3.36. The molecule has 8 heteroatoms. The summed E-state index contributed by atoms with van der Waals surface area (Å²) in [4.78, 5) is 12.9. The Bertz CT molecular complexity index is 774. The van der Waals surface area contributed by atoms with Crippen molar-refractivity contribution in [2.45, 2.75) is 10.8 Å². The average molecular weight is 326 g/mol. The van der Waals surface area contributed by atoms with E-state index in [1.54, 1.807) is 29.2 Å². The molecule has 3 aromatic heterocycles. The van der Waals surface area contributed by atoms with E-state index >= 15 is 0 Å². The predicted octanol–water partition coefficient (Wildman–Crippen LogP) is 3.36. The number of hydrogen-bond donors (Lipinski definition) is 0. The highest BCUT2D eigenvalue weighted by atomic mass is 35.5. The zero-order valence-corrected chi connectivity index (χ0v) is 12.7. The molecule has 20 heavy (non-hydrogen) atoms. The van der Waals surface area contributed by atoms with Crippen molar-refractivity contribution in [1.82, 2.24) is 24.7 Å². The van der Waals surface area contributed by atoms with Gasteiger partial charge in [-0.25, -0.2) is 15.0 Å². The van der Waals surface area contributed by atoms with Crippen molar-refractivity contribution in [3.63, 3.8) is 0 Å². The van der Waals surface area contributed by atoms with Crippen LogP contribution in [0.5, 0.6) is 0 Å². The third-order valence-electron chi connectivity index (χ3n) is 2.65. The van der Waals surface area contributed by atoms with Crippen molar-refractivity contribution in [3.8, 4) is 0 Å². The van der Waals surface area contributed by atoms with Gasteiger partial charge in [0.25, 0.3) is 0 Å². The quantitative estimate of drug-likeness (QED) is 0.546. The summed E-state index contributed by atoms with van der Waals surface area (Å²) in [6.45, 7) is 0. The highest BCUT2D eigenvalue weighted by Crippen LogP contribution is 2.27. The number of hydrogen-bond acceptors (Lipinski definition) is 5. The van der Waals surface area contributed by atoms with E-state index < -0.39 is 0 Å². The van der Waals surface area contributed by atoms with Gasteiger partial charge in [0.05, 0.1) is 22.4 Å². The van der Waals surface area contributed by atoms with E-state index in [1.165, 1.54) is 11.8 Å². The number of rotatable bonds is 3. The smallest absolute Gasteiger partial charge is 0.162 e. The number of fused-ring (bicyclic) bond motifs is 1. The van der Waals surface area contributed by atoms with Crippen LogP contribution in [0.15, 0.2) is 29.6 Å². The molecule has 0 N–H and O–H groups in total. The van der Waals surface area contributed by atoms with Crippen LogP contribution in [0.2, 0.25) is 10.2 Å². The molecule has 0 bridgehead atoms. The van der Waals surface area contributed by atoms with E-state index in [0.29, 0.717) is 27.4 Å². The van der Waals surface area contributed by atoms with E-state index in [4.69, 9.17) is 23.2 Å². The molecule has 0 spiro atoms. The number of aryl methyl sites for hydroxylation is 1. The molecule has 0 aliphatic heterocycles. The molecule has 0 aromatic carbocycles. The second-order valence-electron chi connectivity index (χ2n) is 4.02. The monoisotopic (exact) mass is 325 g/mol. The highest BCUT2D eigenvalue weighted by molar-refractivity contribution is 7.98. The van der Waals surface area contributed by atoms with Crippen molar-refractivity contribution in [2.75, 3.05) is 0 Å². The van der Waals surface area contributed by atoms with Gasteiger partial charge >= 0.3 is 0 Å².